The normalized spacial score (nSPS) is 20.6. The summed E-state index contributed by atoms with van der Waals surface area (Å²) in [5.41, 5.74) is 3.36. The lowest BCUT2D eigenvalue weighted by Crippen LogP contribution is -2.63. The predicted octanol–water partition coefficient (Wildman–Crippen LogP) is 3.71. The molecule has 0 bridgehead atoms. The fourth-order valence-electron chi connectivity index (χ4n) is 5.86. The lowest BCUT2D eigenvalue weighted by Gasteiger charge is -2.53. The quantitative estimate of drug-likeness (QED) is 0.748. The molecule has 176 valence electrons. The van der Waals surface area contributed by atoms with Gasteiger partial charge in [0.25, 0.3) is 0 Å². The highest BCUT2D eigenvalue weighted by molar-refractivity contribution is 5.80. The van der Waals surface area contributed by atoms with E-state index in [1.807, 2.05) is 29.2 Å². The fraction of sp³-hybridized carbons (Fsp3) is 0.500. The molecule has 7 heteroatoms. The molecule has 0 saturated carbocycles. The second-order valence-electron chi connectivity index (χ2n) is 9.26. The van der Waals surface area contributed by atoms with Crippen LogP contribution in [0.4, 0.5) is 11.4 Å². The standard InChI is InChI=1S/C26H33N3O4/c1-31-19-7-8-21-20(17-19)27-26(24-5-4-12-29(21)24)10-13-28(14-11-26)25(30)16-18-6-9-22(32-2)23(15-18)33-3/h6-9,15,17,24,27H,4-5,10-14,16H2,1-3H3. The summed E-state index contributed by atoms with van der Waals surface area (Å²) >= 11 is 0. The zero-order valence-electron chi connectivity index (χ0n) is 19.7. The molecule has 1 amide bonds. The van der Waals surface area contributed by atoms with Crippen molar-refractivity contribution in [1.82, 2.24) is 4.90 Å². The maximum absolute atomic E-state index is 13.1. The molecule has 3 heterocycles. The first-order valence-corrected chi connectivity index (χ1v) is 11.8. The van der Waals surface area contributed by atoms with Crippen molar-refractivity contribution in [3.05, 3.63) is 42.0 Å². The third-order valence-corrected chi connectivity index (χ3v) is 7.60. The van der Waals surface area contributed by atoms with Crippen LogP contribution in [0.25, 0.3) is 0 Å². The van der Waals surface area contributed by atoms with Crippen molar-refractivity contribution < 1.29 is 19.0 Å². The van der Waals surface area contributed by atoms with Crippen LogP contribution < -0.4 is 24.4 Å². The largest absolute Gasteiger partial charge is 0.497 e. The minimum atomic E-state index is -0.00399. The highest BCUT2D eigenvalue weighted by atomic mass is 16.5. The van der Waals surface area contributed by atoms with Crippen LogP contribution in [0.3, 0.4) is 0 Å². The van der Waals surface area contributed by atoms with E-state index in [-0.39, 0.29) is 11.4 Å². The number of ether oxygens (including phenoxy) is 3. The van der Waals surface area contributed by atoms with Crippen molar-refractivity contribution in [3.8, 4) is 17.2 Å². The third-order valence-electron chi connectivity index (χ3n) is 7.60. The van der Waals surface area contributed by atoms with Gasteiger partial charge in [0.15, 0.2) is 11.5 Å². The maximum Gasteiger partial charge on any atom is 0.226 e. The zero-order chi connectivity index (χ0) is 23.0. The Labute approximate surface area is 195 Å². The number of rotatable bonds is 5. The molecular formula is C26H33N3O4. The van der Waals surface area contributed by atoms with Crippen molar-refractivity contribution in [2.75, 3.05) is 51.2 Å². The Morgan fingerprint density at radius 3 is 2.52 bits per heavy atom. The highest BCUT2D eigenvalue weighted by Gasteiger charge is 2.49. The van der Waals surface area contributed by atoms with Crippen molar-refractivity contribution in [1.29, 1.82) is 0 Å². The molecule has 2 aromatic rings. The van der Waals surface area contributed by atoms with Crippen LogP contribution in [0.15, 0.2) is 36.4 Å². The van der Waals surface area contributed by atoms with Crippen LogP contribution in [0.1, 0.15) is 31.2 Å². The van der Waals surface area contributed by atoms with Crippen LogP contribution in [0.5, 0.6) is 17.2 Å². The van der Waals surface area contributed by atoms with Crippen molar-refractivity contribution in [2.45, 2.75) is 43.7 Å². The minimum absolute atomic E-state index is 0.00399. The van der Waals surface area contributed by atoms with Gasteiger partial charge in [0, 0.05) is 25.7 Å². The molecule has 0 radical (unpaired) electrons. The molecule has 2 fully saturated rings. The van der Waals surface area contributed by atoms with E-state index >= 15 is 0 Å². The van der Waals surface area contributed by atoms with Gasteiger partial charge in [-0.25, -0.2) is 0 Å². The van der Waals surface area contributed by atoms with Gasteiger partial charge in [0.1, 0.15) is 5.75 Å². The first kappa shape index (κ1) is 21.7. The number of nitrogens with one attached hydrogen (secondary N) is 1. The summed E-state index contributed by atoms with van der Waals surface area (Å²) in [5.74, 6) is 2.37. The second kappa shape index (κ2) is 8.69. The van der Waals surface area contributed by atoms with E-state index < -0.39 is 0 Å². The highest BCUT2D eigenvalue weighted by Crippen LogP contribution is 2.47. The van der Waals surface area contributed by atoms with Crippen molar-refractivity contribution >= 4 is 17.3 Å². The predicted molar refractivity (Wildman–Crippen MR) is 129 cm³/mol. The van der Waals surface area contributed by atoms with Crippen molar-refractivity contribution in [2.24, 2.45) is 0 Å². The molecule has 0 aliphatic carbocycles. The Bertz CT molecular complexity index is 1030. The lowest BCUT2D eigenvalue weighted by atomic mass is 9.77. The molecular weight excluding hydrogens is 418 g/mol. The molecule has 2 saturated heterocycles. The van der Waals surface area contributed by atoms with Gasteiger partial charge in [-0.05, 0) is 55.5 Å². The number of piperidine rings is 1. The molecule has 33 heavy (non-hydrogen) atoms. The number of benzene rings is 2. The van der Waals surface area contributed by atoms with Gasteiger partial charge in [-0.3, -0.25) is 4.79 Å². The van der Waals surface area contributed by atoms with Gasteiger partial charge < -0.3 is 29.3 Å². The number of nitrogens with zero attached hydrogens (tertiary/aromatic N) is 2. The van der Waals surface area contributed by atoms with Gasteiger partial charge in [-0.1, -0.05) is 6.07 Å². The van der Waals surface area contributed by atoms with Gasteiger partial charge in [0.2, 0.25) is 5.91 Å². The van der Waals surface area contributed by atoms with Crippen LogP contribution in [-0.2, 0) is 11.2 Å². The van der Waals surface area contributed by atoms with E-state index in [9.17, 15) is 4.79 Å². The van der Waals surface area contributed by atoms with E-state index in [2.05, 4.69) is 22.3 Å². The maximum atomic E-state index is 13.1. The second-order valence-corrected chi connectivity index (χ2v) is 9.26. The van der Waals surface area contributed by atoms with E-state index in [4.69, 9.17) is 14.2 Å². The summed E-state index contributed by atoms with van der Waals surface area (Å²) in [6, 6.07) is 12.5. The van der Waals surface area contributed by atoms with E-state index in [0.29, 0.717) is 24.0 Å². The molecule has 1 atom stereocenters. The Morgan fingerprint density at radius 1 is 1.00 bits per heavy atom. The molecule has 1 unspecified atom stereocenters. The van der Waals surface area contributed by atoms with Gasteiger partial charge in [-0.15, -0.1) is 0 Å². The topological polar surface area (TPSA) is 63.3 Å². The summed E-state index contributed by atoms with van der Waals surface area (Å²) in [6.07, 6.45) is 4.67. The monoisotopic (exact) mass is 451 g/mol. The first-order chi connectivity index (χ1) is 16.1. The summed E-state index contributed by atoms with van der Waals surface area (Å²) in [6.45, 7) is 2.63. The SMILES string of the molecule is COc1ccc2c(c1)NC1(CCN(C(=O)Cc3ccc(OC)c(OC)c3)CC1)C1CCCN21. The number of anilines is 2. The first-order valence-electron chi connectivity index (χ1n) is 11.8. The number of carbonyl (C=O) groups excluding carboxylic acids is 1. The Balaban J connectivity index is 1.29. The number of likely N-dealkylation sites (tertiary alicyclic amines) is 1. The van der Waals surface area contributed by atoms with Gasteiger partial charge in [-0.2, -0.15) is 0 Å². The summed E-state index contributed by atoms with van der Waals surface area (Å²) in [7, 11) is 4.94. The van der Waals surface area contributed by atoms with Gasteiger partial charge in [0.05, 0.1) is 50.7 Å². The summed E-state index contributed by atoms with van der Waals surface area (Å²) in [5, 5.41) is 3.91. The molecule has 0 aromatic heterocycles. The molecule has 3 aliphatic heterocycles. The number of amides is 1. The number of fused-ring (bicyclic) bond motifs is 4. The van der Waals surface area contributed by atoms with Crippen LogP contribution in [0.2, 0.25) is 0 Å². The smallest absolute Gasteiger partial charge is 0.226 e. The van der Waals surface area contributed by atoms with Crippen LogP contribution in [0, 0.1) is 0 Å². The van der Waals surface area contributed by atoms with E-state index in [1.165, 1.54) is 18.5 Å². The summed E-state index contributed by atoms with van der Waals surface area (Å²) in [4.78, 5) is 17.7. The van der Waals surface area contributed by atoms with Crippen molar-refractivity contribution in [3.63, 3.8) is 0 Å². The third kappa shape index (κ3) is 3.83. The number of hydrogen-bond donors (Lipinski definition) is 1. The minimum Gasteiger partial charge on any atom is -0.497 e. The molecule has 5 rings (SSSR count). The van der Waals surface area contributed by atoms with Gasteiger partial charge >= 0.3 is 0 Å². The fourth-order valence-corrected chi connectivity index (χ4v) is 5.86. The average molecular weight is 452 g/mol. The number of methoxy groups -OCH3 is 3. The lowest BCUT2D eigenvalue weighted by molar-refractivity contribution is -0.132. The molecule has 1 N–H and O–H groups in total. The number of carbonyl (C=O) groups is 1. The van der Waals surface area contributed by atoms with E-state index in [0.717, 1.165) is 49.5 Å². The molecule has 1 spiro atoms. The Hall–Kier alpha value is -3.09. The molecule has 2 aromatic carbocycles. The number of hydrogen-bond acceptors (Lipinski definition) is 6. The zero-order valence-corrected chi connectivity index (χ0v) is 19.7. The summed E-state index contributed by atoms with van der Waals surface area (Å²) < 4.78 is 16.2. The average Bonchev–Trinajstić information content (AvgIpc) is 3.35. The Morgan fingerprint density at radius 2 is 1.79 bits per heavy atom. The van der Waals surface area contributed by atoms with E-state index in [1.54, 1.807) is 21.3 Å². The molecule has 3 aliphatic rings. The van der Waals surface area contributed by atoms with Crippen LogP contribution >= 0.6 is 0 Å². The molecule has 7 nitrogen and oxygen atoms in total. The van der Waals surface area contributed by atoms with Crippen LogP contribution in [-0.4, -0.2) is 63.4 Å². The Kier molecular flexibility index (Phi) is 5.72.